The first kappa shape index (κ1) is 12.8. The average molecular weight is 239 g/mol. The number of nitrogens with one attached hydrogen (secondary N) is 2. The maximum atomic E-state index is 12.2. The number of rotatable bonds is 4. The summed E-state index contributed by atoms with van der Waals surface area (Å²) in [5, 5.41) is 6.45. The molecule has 2 aliphatic heterocycles. The van der Waals surface area contributed by atoms with Gasteiger partial charge >= 0.3 is 0 Å². The standard InChI is InChI=1S/C13H25N3O/c1-11(10-16-8-3-4-9-16)15-12(17)13(2)6-5-7-14-13/h11,14H,3-10H2,1-2H3,(H,15,17). The topological polar surface area (TPSA) is 44.4 Å². The van der Waals surface area contributed by atoms with Crippen LogP contribution in [0, 0.1) is 0 Å². The maximum Gasteiger partial charge on any atom is 0.240 e. The van der Waals surface area contributed by atoms with Gasteiger partial charge in [0.15, 0.2) is 0 Å². The molecule has 0 aromatic heterocycles. The summed E-state index contributed by atoms with van der Waals surface area (Å²) in [4.78, 5) is 14.6. The highest BCUT2D eigenvalue weighted by Gasteiger charge is 2.36. The Labute approximate surface area is 104 Å². The first-order valence-corrected chi connectivity index (χ1v) is 6.88. The number of hydrogen-bond acceptors (Lipinski definition) is 3. The second-order valence-corrected chi connectivity index (χ2v) is 5.74. The largest absolute Gasteiger partial charge is 0.351 e. The zero-order valence-corrected chi connectivity index (χ0v) is 11.1. The predicted molar refractivity (Wildman–Crippen MR) is 68.9 cm³/mol. The molecule has 1 amide bonds. The molecule has 2 heterocycles. The summed E-state index contributed by atoms with van der Waals surface area (Å²) >= 11 is 0. The summed E-state index contributed by atoms with van der Waals surface area (Å²) in [5.74, 6) is 0.168. The van der Waals surface area contributed by atoms with Gasteiger partial charge in [0, 0.05) is 12.6 Å². The average Bonchev–Trinajstić information content (AvgIpc) is 2.90. The molecule has 2 rings (SSSR count). The normalized spacial score (nSPS) is 31.6. The highest BCUT2D eigenvalue weighted by molar-refractivity contribution is 5.86. The van der Waals surface area contributed by atoms with Crippen LogP contribution in [0.3, 0.4) is 0 Å². The number of likely N-dealkylation sites (tertiary alicyclic amines) is 1. The Balaban J connectivity index is 1.77. The maximum absolute atomic E-state index is 12.2. The third kappa shape index (κ3) is 3.19. The number of amides is 1. The molecule has 0 radical (unpaired) electrons. The second-order valence-electron chi connectivity index (χ2n) is 5.74. The van der Waals surface area contributed by atoms with E-state index in [1.807, 2.05) is 6.92 Å². The molecule has 2 aliphatic rings. The smallest absolute Gasteiger partial charge is 0.240 e. The minimum Gasteiger partial charge on any atom is -0.351 e. The van der Waals surface area contributed by atoms with E-state index in [1.165, 1.54) is 25.9 Å². The van der Waals surface area contributed by atoms with Crippen molar-refractivity contribution < 1.29 is 4.79 Å². The molecular weight excluding hydrogens is 214 g/mol. The molecule has 0 saturated carbocycles. The van der Waals surface area contributed by atoms with Crippen LogP contribution < -0.4 is 10.6 Å². The molecule has 2 atom stereocenters. The van der Waals surface area contributed by atoms with Crippen LogP contribution in [0.15, 0.2) is 0 Å². The van der Waals surface area contributed by atoms with Crippen LogP contribution in [-0.4, -0.2) is 48.6 Å². The summed E-state index contributed by atoms with van der Waals surface area (Å²) in [6, 6.07) is 0.250. The quantitative estimate of drug-likeness (QED) is 0.760. The Morgan fingerprint density at radius 1 is 1.41 bits per heavy atom. The van der Waals surface area contributed by atoms with Crippen molar-refractivity contribution in [2.75, 3.05) is 26.2 Å². The number of hydrogen-bond donors (Lipinski definition) is 2. The van der Waals surface area contributed by atoms with E-state index >= 15 is 0 Å². The summed E-state index contributed by atoms with van der Waals surface area (Å²) in [5.41, 5.74) is -0.334. The van der Waals surface area contributed by atoms with Crippen LogP contribution in [0.1, 0.15) is 39.5 Å². The number of nitrogens with zero attached hydrogens (tertiary/aromatic N) is 1. The van der Waals surface area contributed by atoms with E-state index in [9.17, 15) is 4.79 Å². The van der Waals surface area contributed by atoms with E-state index in [4.69, 9.17) is 0 Å². The molecule has 2 fully saturated rings. The van der Waals surface area contributed by atoms with Gasteiger partial charge < -0.3 is 15.5 Å². The van der Waals surface area contributed by atoms with Gasteiger partial charge in [-0.2, -0.15) is 0 Å². The molecule has 2 saturated heterocycles. The van der Waals surface area contributed by atoms with Crippen molar-refractivity contribution in [3.8, 4) is 0 Å². The molecular formula is C13H25N3O. The fraction of sp³-hybridized carbons (Fsp3) is 0.923. The van der Waals surface area contributed by atoms with E-state index in [0.717, 1.165) is 25.9 Å². The van der Waals surface area contributed by atoms with Crippen LogP contribution in [0.2, 0.25) is 0 Å². The van der Waals surface area contributed by atoms with Gasteiger partial charge in [0.2, 0.25) is 5.91 Å². The molecule has 17 heavy (non-hydrogen) atoms. The zero-order valence-electron chi connectivity index (χ0n) is 11.1. The summed E-state index contributed by atoms with van der Waals surface area (Å²) in [7, 11) is 0. The van der Waals surface area contributed by atoms with Gasteiger partial charge in [0.1, 0.15) is 0 Å². The van der Waals surface area contributed by atoms with Gasteiger partial charge in [-0.1, -0.05) is 0 Å². The molecule has 0 spiro atoms. The zero-order chi connectivity index (χ0) is 12.3. The molecule has 0 aliphatic carbocycles. The van der Waals surface area contributed by atoms with E-state index in [-0.39, 0.29) is 17.5 Å². The number of carbonyl (C=O) groups is 1. The Morgan fingerprint density at radius 2 is 2.12 bits per heavy atom. The summed E-state index contributed by atoms with van der Waals surface area (Å²) in [6.45, 7) is 8.45. The van der Waals surface area contributed by atoms with Crippen LogP contribution >= 0.6 is 0 Å². The van der Waals surface area contributed by atoms with Gasteiger partial charge in [-0.05, 0) is 59.2 Å². The van der Waals surface area contributed by atoms with Crippen molar-refractivity contribution in [1.29, 1.82) is 0 Å². The van der Waals surface area contributed by atoms with Crippen molar-refractivity contribution in [2.24, 2.45) is 0 Å². The summed E-state index contributed by atoms with van der Waals surface area (Å²) < 4.78 is 0. The van der Waals surface area contributed by atoms with Crippen LogP contribution in [0.4, 0.5) is 0 Å². The first-order valence-electron chi connectivity index (χ1n) is 6.88. The third-order valence-corrected chi connectivity index (χ3v) is 3.98. The lowest BCUT2D eigenvalue weighted by Gasteiger charge is -2.27. The van der Waals surface area contributed by atoms with Crippen LogP contribution in [0.5, 0.6) is 0 Å². The highest BCUT2D eigenvalue weighted by Crippen LogP contribution is 2.18. The molecule has 2 N–H and O–H groups in total. The lowest BCUT2D eigenvalue weighted by Crippen LogP contribution is -2.54. The lowest BCUT2D eigenvalue weighted by atomic mass is 9.99. The van der Waals surface area contributed by atoms with Gasteiger partial charge in [-0.3, -0.25) is 4.79 Å². The predicted octanol–water partition coefficient (Wildman–Crippen LogP) is 0.729. The van der Waals surface area contributed by atoms with Gasteiger partial charge in [-0.25, -0.2) is 0 Å². The molecule has 0 aromatic rings. The Hall–Kier alpha value is -0.610. The monoisotopic (exact) mass is 239 g/mol. The van der Waals surface area contributed by atoms with E-state index < -0.39 is 0 Å². The number of carbonyl (C=O) groups excluding carboxylic acids is 1. The Kier molecular flexibility index (Phi) is 4.05. The molecule has 4 heteroatoms. The minimum atomic E-state index is -0.334. The Bertz CT molecular complexity index is 268. The SMILES string of the molecule is CC(CN1CCCC1)NC(=O)C1(C)CCCN1. The van der Waals surface area contributed by atoms with Crippen LogP contribution in [-0.2, 0) is 4.79 Å². The molecule has 4 nitrogen and oxygen atoms in total. The second kappa shape index (κ2) is 5.36. The van der Waals surface area contributed by atoms with E-state index in [1.54, 1.807) is 0 Å². The van der Waals surface area contributed by atoms with Gasteiger partial charge in [0.05, 0.1) is 5.54 Å². The fourth-order valence-electron chi connectivity index (χ4n) is 2.87. The third-order valence-electron chi connectivity index (χ3n) is 3.98. The van der Waals surface area contributed by atoms with Crippen molar-refractivity contribution in [2.45, 2.75) is 51.1 Å². The van der Waals surface area contributed by atoms with Crippen molar-refractivity contribution in [3.05, 3.63) is 0 Å². The van der Waals surface area contributed by atoms with Crippen molar-refractivity contribution in [3.63, 3.8) is 0 Å². The molecule has 0 bridgehead atoms. The van der Waals surface area contributed by atoms with Gasteiger partial charge in [0.25, 0.3) is 0 Å². The molecule has 98 valence electrons. The first-order chi connectivity index (χ1) is 8.10. The minimum absolute atomic E-state index is 0.168. The summed E-state index contributed by atoms with van der Waals surface area (Å²) in [6.07, 6.45) is 4.67. The lowest BCUT2D eigenvalue weighted by molar-refractivity contribution is -0.127. The molecule has 2 unspecified atom stereocenters. The Morgan fingerprint density at radius 3 is 2.71 bits per heavy atom. The van der Waals surface area contributed by atoms with Crippen molar-refractivity contribution in [1.82, 2.24) is 15.5 Å². The van der Waals surface area contributed by atoms with Crippen LogP contribution in [0.25, 0.3) is 0 Å². The fourth-order valence-corrected chi connectivity index (χ4v) is 2.87. The van der Waals surface area contributed by atoms with E-state index in [0.29, 0.717) is 0 Å². The highest BCUT2D eigenvalue weighted by atomic mass is 16.2. The van der Waals surface area contributed by atoms with Gasteiger partial charge in [-0.15, -0.1) is 0 Å². The van der Waals surface area contributed by atoms with E-state index in [2.05, 4.69) is 22.5 Å². The van der Waals surface area contributed by atoms with Crippen molar-refractivity contribution >= 4 is 5.91 Å². The molecule has 0 aromatic carbocycles.